The lowest BCUT2D eigenvalue weighted by molar-refractivity contribution is -0.115. The van der Waals surface area contributed by atoms with Gasteiger partial charge in [-0.05, 0) is 49.6 Å². The molecule has 2 aromatic carbocycles. The molecule has 1 amide bonds. The van der Waals surface area contributed by atoms with Gasteiger partial charge in [0, 0.05) is 24.3 Å². The molecule has 0 radical (unpaired) electrons. The third-order valence-electron chi connectivity index (χ3n) is 3.69. The Morgan fingerprint density at radius 3 is 2.33 bits per heavy atom. The Morgan fingerprint density at radius 1 is 0.905 bits per heavy atom. The van der Waals surface area contributed by atoms with Crippen molar-refractivity contribution in [3.05, 3.63) is 59.2 Å². The van der Waals surface area contributed by atoms with Crippen molar-refractivity contribution in [2.45, 2.75) is 27.2 Å². The van der Waals surface area contributed by atoms with Gasteiger partial charge in [0.1, 0.15) is 0 Å². The van der Waals surface area contributed by atoms with Crippen LogP contribution in [0.1, 0.15) is 23.1 Å². The lowest BCUT2D eigenvalue weighted by Gasteiger charge is -2.12. The molecular formula is C18H22N2O. The van der Waals surface area contributed by atoms with Crippen LogP contribution in [0.2, 0.25) is 0 Å². The highest BCUT2D eigenvalue weighted by atomic mass is 16.1. The Bertz CT molecular complexity index is 635. The van der Waals surface area contributed by atoms with Crippen molar-refractivity contribution in [3.8, 4) is 0 Å². The predicted octanol–water partition coefficient (Wildman–Crippen LogP) is 4.05. The molecule has 0 bridgehead atoms. The van der Waals surface area contributed by atoms with Gasteiger partial charge in [-0.25, -0.2) is 0 Å². The van der Waals surface area contributed by atoms with Crippen molar-refractivity contribution in [3.63, 3.8) is 0 Å². The zero-order chi connectivity index (χ0) is 15.2. The second-order valence-corrected chi connectivity index (χ2v) is 5.29. The van der Waals surface area contributed by atoms with Gasteiger partial charge in [0.05, 0.1) is 0 Å². The summed E-state index contributed by atoms with van der Waals surface area (Å²) in [4.78, 5) is 12.0. The topological polar surface area (TPSA) is 41.1 Å². The Balaban J connectivity index is 1.85. The molecule has 0 aliphatic rings. The van der Waals surface area contributed by atoms with E-state index in [1.54, 1.807) is 0 Å². The van der Waals surface area contributed by atoms with Gasteiger partial charge in [-0.15, -0.1) is 0 Å². The molecule has 0 spiro atoms. The van der Waals surface area contributed by atoms with Crippen LogP contribution in [0.15, 0.2) is 42.5 Å². The number of nitrogens with one attached hydrogen (secondary N) is 2. The molecule has 0 heterocycles. The second kappa shape index (κ2) is 6.93. The highest BCUT2D eigenvalue weighted by Crippen LogP contribution is 2.18. The monoisotopic (exact) mass is 282 g/mol. The maximum atomic E-state index is 12.0. The maximum Gasteiger partial charge on any atom is 0.226 e. The molecule has 0 saturated carbocycles. The number of hydrogen-bond donors (Lipinski definition) is 2. The van der Waals surface area contributed by atoms with E-state index in [-0.39, 0.29) is 5.91 Å². The van der Waals surface area contributed by atoms with Crippen molar-refractivity contribution in [2.24, 2.45) is 0 Å². The number of aryl methyl sites for hydroxylation is 2. The lowest BCUT2D eigenvalue weighted by atomic mass is 10.1. The Morgan fingerprint density at radius 2 is 1.57 bits per heavy atom. The first-order valence-corrected chi connectivity index (χ1v) is 7.23. The van der Waals surface area contributed by atoms with Crippen LogP contribution in [0.25, 0.3) is 0 Å². The minimum absolute atomic E-state index is 0.0297. The van der Waals surface area contributed by atoms with Crippen molar-refractivity contribution in [2.75, 3.05) is 17.2 Å². The Hall–Kier alpha value is -2.29. The Kier molecular flexibility index (Phi) is 4.99. The van der Waals surface area contributed by atoms with Gasteiger partial charge in [-0.3, -0.25) is 4.79 Å². The van der Waals surface area contributed by atoms with Crippen molar-refractivity contribution in [1.29, 1.82) is 0 Å². The second-order valence-electron chi connectivity index (χ2n) is 5.29. The fourth-order valence-corrected chi connectivity index (χ4v) is 2.18. The SMILES string of the molecule is Cc1ccccc1NC(=O)CCNc1cccc(C)c1C. The molecule has 2 aromatic rings. The minimum Gasteiger partial charge on any atom is -0.384 e. The number of amides is 1. The van der Waals surface area contributed by atoms with Crippen molar-refractivity contribution >= 4 is 17.3 Å². The van der Waals surface area contributed by atoms with E-state index >= 15 is 0 Å². The van der Waals surface area contributed by atoms with Crippen LogP contribution in [0.5, 0.6) is 0 Å². The number of hydrogen-bond acceptors (Lipinski definition) is 2. The first kappa shape index (κ1) is 15.1. The third-order valence-corrected chi connectivity index (χ3v) is 3.69. The standard InChI is InChI=1S/C18H22N2O/c1-13-8-6-10-17(15(13)3)19-12-11-18(21)20-16-9-5-4-7-14(16)2/h4-10,19H,11-12H2,1-3H3,(H,20,21). The lowest BCUT2D eigenvalue weighted by Crippen LogP contribution is -2.17. The van der Waals surface area contributed by atoms with Gasteiger partial charge >= 0.3 is 0 Å². The molecule has 0 atom stereocenters. The van der Waals surface area contributed by atoms with Gasteiger partial charge < -0.3 is 10.6 Å². The zero-order valence-corrected chi connectivity index (χ0v) is 12.9. The van der Waals surface area contributed by atoms with E-state index in [0.29, 0.717) is 13.0 Å². The van der Waals surface area contributed by atoms with E-state index in [1.807, 2.05) is 43.3 Å². The van der Waals surface area contributed by atoms with Crippen LogP contribution < -0.4 is 10.6 Å². The number of carbonyl (C=O) groups is 1. The zero-order valence-electron chi connectivity index (χ0n) is 12.9. The number of benzene rings is 2. The molecule has 2 rings (SSSR count). The van der Waals surface area contributed by atoms with E-state index in [2.05, 4.69) is 30.5 Å². The maximum absolute atomic E-state index is 12.0. The van der Waals surface area contributed by atoms with E-state index in [4.69, 9.17) is 0 Å². The van der Waals surface area contributed by atoms with E-state index < -0.39 is 0 Å². The first-order chi connectivity index (χ1) is 10.1. The van der Waals surface area contributed by atoms with Crippen LogP contribution in [-0.2, 0) is 4.79 Å². The molecular weight excluding hydrogens is 260 g/mol. The van der Waals surface area contributed by atoms with Gasteiger partial charge in [0.15, 0.2) is 0 Å². The smallest absolute Gasteiger partial charge is 0.226 e. The van der Waals surface area contributed by atoms with E-state index in [1.165, 1.54) is 11.1 Å². The Labute approximate surface area is 126 Å². The number of carbonyl (C=O) groups excluding carboxylic acids is 1. The molecule has 3 heteroatoms. The molecule has 3 nitrogen and oxygen atoms in total. The summed E-state index contributed by atoms with van der Waals surface area (Å²) in [6.45, 7) is 6.79. The van der Waals surface area contributed by atoms with Gasteiger partial charge in [-0.1, -0.05) is 30.3 Å². The molecule has 0 saturated heterocycles. The quantitative estimate of drug-likeness (QED) is 0.868. The molecule has 110 valence electrons. The molecule has 0 aliphatic heterocycles. The minimum atomic E-state index is 0.0297. The van der Waals surface area contributed by atoms with Crippen LogP contribution in [0.3, 0.4) is 0 Å². The van der Waals surface area contributed by atoms with Crippen LogP contribution in [-0.4, -0.2) is 12.5 Å². The van der Waals surface area contributed by atoms with Crippen LogP contribution in [0, 0.1) is 20.8 Å². The number of anilines is 2. The van der Waals surface area contributed by atoms with Crippen LogP contribution >= 0.6 is 0 Å². The summed E-state index contributed by atoms with van der Waals surface area (Å²) < 4.78 is 0. The summed E-state index contributed by atoms with van der Waals surface area (Å²) in [5, 5.41) is 6.27. The highest BCUT2D eigenvalue weighted by Gasteiger charge is 2.05. The largest absolute Gasteiger partial charge is 0.384 e. The molecule has 0 unspecified atom stereocenters. The summed E-state index contributed by atoms with van der Waals surface area (Å²) >= 11 is 0. The fourth-order valence-electron chi connectivity index (χ4n) is 2.18. The fraction of sp³-hybridized carbons (Fsp3) is 0.278. The molecule has 0 aromatic heterocycles. The van der Waals surface area contributed by atoms with Crippen molar-refractivity contribution in [1.82, 2.24) is 0 Å². The molecule has 0 aliphatic carbocycles. The summed E-state index contributed by atoms with van der Waals surface area (Å²) in [6.07, 6.45) is 0.446. The average Bonchev–Trinajstić information content (AvgIpc) is 2.46. The van der Waals surface area contributed by atoms with Gasteiger partial charge in [0.2, 0.25) is 5.91 Å². The normalized spacial score (nSPS) is 10.2. The van der Waals surface area contributed by atoms with Gasteiger partial charge in [0.25, 0.3) is 0 Å². The molecule has 0 fully saturated rings. The van der Waals surface area contributed by atoms with Crippen molar-refractivity contribution < 1.29 is 4.79 Å². The summed E-state index contributed by atoms with van der Waals surface area (Å²) in [5.41, 5.74) is 5.54. The highest BCUT2D eigenvalue weighted by molar-refractivity contribution is 5.91. The molecule has 2 N–H and O–H groups in total. The molecule has 21 heavy (non-hydrogen) atoms. The number of para-hydroxylation sites is 1. The van der Waals surface area contributed by atoms with Gasteiger partial charge in [-0.2, -0.15) is 0 Å². The van der Waals surface area contributed by atoms with Crippen LogP contribution in [0.4, 0.5) is 11.4 Å². The third kappa shape index (κ3) is 4.09. The summed E-state index contributed by atoms with van der Waals surface area (Å²) in [7, 11) is 0. The van der Waals surface area contributed by atoms with E-state index in [0.717, 1.165) is 16.9 Å². The average molecular weight is 282 g/mol. The predicted molar refractivity (Wildman–Crippen MR) is 88.8 cm³/mol. The number of rotatable bonds is 5. The van der Waals surface area contributed by atoms with E-state index in [9.17, 15) is 4.79 Å². The summed E-state index contributed by atoms with van der Waals surface area (Å²) in [5.74, 6) is 0.0297. The first-order valence-electron chi connectivity index (χ1n) is 7.23. The summed E-state index contributed by atoms with van der Waals surface area (Å²) in [6, 6.07) is 14.0.